The van der Waals surface area contributed by atoms with E-state index in [1.807, 2.05) is 6.07 Å². The number of nitrogens with zero attached hydrogens (tertiary/aromatic N) is 3. The number of aryl methyl sites for hydroxylation is 2. The molecule has 0 fully saturated rings. The van der Waals surface area contributed by atoms with E-state index in [2.05, 4.69) is 10.4 Å². The smallest absolute Gasteiger partial charge is 0.435 e. The molecule has 0 aromatic carbocycles. The van der Waals surface area contributed by atoms with Gasteiger partial charge < -0.3 is 4.42 Å². The quantitative estimate of drug-likeness (QED) is 0.944. The minimum Gasteiger partial charge on any atom is -0.447 e. The van der Waals surface area contributed by atoms with Crippen LogP contribution in [0.25, 0.3) is 0 Å². The fourth-order valence-corrected chi connectivity index (χ4v) is 1.79. The molecular formula is C13H11F3N4O2. The van der Waals surface area contributed by atoms with E-state index in [4.69, 9.17) is 9.68 Å². The van der Waals surface area contributed by atoms with Crippen molar-refractivity contribution in [2.24, 2.45) is 0 Å². The van der Waals surface area contributed by atoms with Crippen molar-refractivity contribution in [3.8, 4) is 6.07 Å². The predicted molar refractivity (Wildman–Crippen MR) is 68.8 cm³/mol. The van der Waals surface area contributed by atoms with Crippen LogP contribution in [0.5, 0.6) is 0 Å². The largest absolute Gasteiger partial charge is 0.447 e. The first-order valence-electron chi connectivity index (χ1n) is 6.12. The highest BCUT2D eigenvalue weighted by Crippen LogP contribution is 2.28. The standard InChI is InChI=1S/C13H11F3N4O2/c1-7-6-22-12(9(7)4-17)18-11(21)5-20-8(2)3-10(19-20)13(14,15)16/h3,6H,5H2,1-2H3,(H,18,21). The average molecular weight is 312 g/mol. The molecule has 2 aromatic heterocycles. The molecule has 0 aliphatic heterocycles. The molecule has 0 bridgehead atoms. The van der Waals surface area contributed by atoms with Crippen molar-refractivity contribution in [2.45, 2.75) is 26.6 Å². The van der Waals surface area contributed by atoms with E-state index >= 15 is 0 Å². The number of amides is 1. The second-order valence-electron chi connectivity index (χ2n) is 4.61. The first kappa shape index (κ1) is 15.6. The van der Waals surface area contributed by atoms with Crippen molar-refractivity contribution < 1.29 is 22.4 Å². The lowest BCUT2D eigenvalue weighted by atomic mass is 10.2. The Hall–Kier alpha value is -2.76. The van der Waals surface area contributed by atoms with Crippen LogP contribution in [0, 0.1) is 25.2 Å². The number of hydrogen-bond acceptors (Lipinski definition) is 4. The van der Waals surface area contributed by atoms with E-state index in [0.29, 0.717) is 5.56 Å². The van der Waals surface area contributed by atoms with Crippen LogP contribution < -0.4 is 5.32 Å². The van der Waals surface area contributed by atoms with Gasteiger partial charge in [0.15, 0.2) is 5.69 Å². The highest BCUT2D eigenvalue weighted by atomic mass is 19.4. The lowest BCUT2D eigenvalue weighted by Gasteiger charge is -2.05. The summed E-state index contributed by atoms with van der Waals surface area (Å²) in [4.78, 5) is 11.8. The van der Waals surface area contributed by atoms with Crippen LogP contribution in [-0.2, 0) is 17.5 Å². The first-order valence-corrected chi connectivity index (χ1v) is 6.12. The third-order valence-corrected chi connectivity index (χ3v) is 2.90. The van der Waals surface area contributed by atoms with E-state index in [9.17, 15) is 18.0 Å². The summed E-state index contributed by atoms with van der Waals surface area (Å²) in [5, 5.41) is 14.6. The maximum absolute atomic E-state index is 12.5. The van der Waals surface area contributed by atoms with Gasteiger partial charge in [-0.2, -0.15) is 23.5 Å². The minimum absolute atomic E-state index is 0.0362. The van der Waals surface area contributed by atoms with Gasteiger partial charge in [0.05, 0.1) is 6.26 Å². The third kappa shape index (κ3) is 3.11. The number of alkyl halides is 3. The molecule has 6 nitrogen and oxygen atoms in total. The summed E-state index contributed by atoms with van der Waals surface area (Å²) < 4.78 is 43.6. The molecule has 0 atom stereocenters. The fourth-order valence-electron chi connectivity index (χ4n) is 1.79. The van der Waals surface area contributed by atoms with Gasteiger partial charge in [0.2, 0.25) is 11.8 Å². The van der Waals surface area contributed by atoms with Crippen molar-refractivity contribution in [1.29, 1.82) is 5.26 Å². The SMILES string of the molecule is Cc1coc(NC(=O)Cn2nc(C(F)(F)F)cc2C)c1C#N. The average Bonchev–Trinajstić information content (AvgIpc) is 2.93. The van der Waals surface area contributed by atoms with E-state index in [0.717, 1.165) is 10.7 Å². The van der Waals surface area contributed by atoms with Crippen molar-refractivity contribution in [2.75, 3.05) is 5.32 Å². The maximum Gasteiger partial charge on any atom is 0.435 e. The molecule has 1 N–H and O–H groups in total. The summed E-state index contributed by atoms with van der Waals surface area (Å²) in [5.74, 6) is -0.684. The molecule has 0 saturated heterocycles. The van der Waals surface area contributed by atoms with Gasteiger partial charge in [-0.15, -0.1) is 0 Å². The Kier molecular flexibility index (Phi) is 3.95. The highest BCUT2D eigenvalue weighted by Gasteiger charge is 2.34. The molecule has 2 rings (SSSR count). The van der Waals surface area contributed by atoms with Crippen molar-refractivity contribution >= 4 is 11.8 Å². The zero-order valence-electron chi connectivity index (χ0n) is 11.7. The Morgan fingerprint density at radius 3 is 2.73 bits per heavy atom. The van der Waals surface area contributed by atoms with Crippen LogP contribution in [-0.4, -0.2) is 15.7 Å². The Labute approximate surface area is 123 Å². The van der Waals surface area contributed by atoms with Crippen LogP contribution in [0.3, 0.4) is 0 Å². The number of aromatic nitrogens is 2. The lowest BCUT2D eigenvalue weighted by molar-refractivity contribution is -0.141. The minimum atomic E-state index is -4.57. The monoisotopic (exact) mass is 312 g/mol. The molecule has 0 saturated carbocycles. The summed E-state index contributed by atoms with van der Waals surface area (Å²) in [6.45, 7) is 2.62. The third-order valence-electron chi connectivity index (χ3n) is 2.90. The molecule has 0 radical (unpaired) electrons. The number of anilines is 1. The normalized spacial score (nSPS) is 11.3. The second kappa shape index (κ2) is 5.55. The van der Waals surface area contributed by atoms with E-state index in [1.54, 1.807) is 6.92 Å². The lowest BCUT2D eigenvalue weighted by Crippen LogP contribution is -2.21. The van der Waals surface area contributed by atoms with Gasteiger partial charge in [-0.1, -0.05) is 0 Å². The van der Waals surface area contributed by atoms with E-state index in [-0.39, 0.29) is 17.1 Å². The molecule has 22 heavy (non-hydrogen) atoms. The van der Waals surface area contributed by atoms with Crippen LogP contribution in [0.2, 0.25) is 0 Å². The Balaban J connectivity index is 2.13. The van der Waals surface area contributed by atoms with Gasteiger partial charge in [0, 0.05) is 11.3 Å². The van der Waals surface area contributed by atoms with Gasteiger partial charge in [-0.3, -0.25) is 14.8 Å². The molecule has 0 aliphatic carbocycles. The number of nitriles is 1. The van der Waals surface area contributed by atoms with Crippen LogP contribution in [0.4, 0.5) is 19.1 Å². The number of furan rings is 1. The van der Waals surface area contributed by atoms with Crippen molar-refractivity contribution in [3.63, 3.8) is 0 Å². The highest BCUT2D eigenvalue weighted by molar-refractivity contribution is 5.90. The number of nitrogens with one attached hydrogen (secondary N) is 1. The molecule has 2 aromatic rings. The summed E-state index contributed by atoms with van der Waals surface area (Å²) in [6.07, 6.45) is -3.27. The summed E-state index contributed by atoms with van der Waals surface area (Å²) in [7, 11) is 0. The summed E-state index contributed by atoms with van der Waals surface area (Å²) >= 11 is 0. The molecule has 0 spiro atoms. The Morgan fingerprint density at radius 1 is 1.50 bits per heavy atom. The maximum atomic E-state index is 12.5. The van der Waals surface area contributed by atoms with E-state index in [1.165, 1.54) is 13.2 Å². The molecule has 1 amide bonds. The zero-order valence-corrected chi connectivity index (χ0v) is 11.7. The van der Waals surface area contributed by atoms with Gasteiger partial charge in [0.1, 0.15) is 18.2 Å². The van der Waals surface area contributed by atoms with Crippen LogP contribution in [0.15, 0.2) is 16.7 Å². The molecule has 0 aliphatic rings. The van der Waals surface area contributed by atoms with Gasteiger partial charge in [-0.25, -0.2) is 0 Å². The number of rotatable bonds is 3. The van der Waals surface area contributed by atoms with Crippen LogP contribution >= 0.6 is 0 Å². The molecule has 116 valence electrons. The number of carbonyl (C=O) groups is 1. The molecule has 9 heteroatoms. The number of hydrogen-bond donors (Lipinski definition) is 1. The fraction of sp³-hybridized carbons (Fsp3) is 0.308. The molecule has 0 unspecified atom stereocenters. The van der Waals surface area contributed by atoms with Crippen LogP contribution in [0.1, 0.15) is 22.5 Å². The van der Waals surface area contributed by atoms with Gasteiger partial charge >= 0.3 is 6.18 Å². The predicted octanol–water partition coefficient (Wildman–Crippen LogP) is 2.62. The van der Waals surface area contributed by atoms with Crippen molar-refractivity contribution in [3.05, 3.63) is 34.8 Å². The second-order valence-corrected chi connectivity index (χ2v) is 4.61. The van der Waals surface area contributed by atoms with Crippen molar-refractivity contribution in [1.82, 2.24) is 9.78 Å². The topological polar surface area (TPSA) is 83.8 Å². The molecular weight excluding hydrogens is 301 g/mol. The first-order chi connectivity index (χ1) is 10.2. The Bertz CT molecular complexity index is 752. The summed E-state index contributed by atoms with van der Waals surface area (Å²) in [6, 6.07) is 2.72. The number of carbonyl (C=O) groups excluding carboxylic acids is 1. The summed E-state index contributed by atoms with van der Waals surface area (Å²) in [5.41, 5.74) is -0.156. The van der Waals surface area contributed by atoms with Gasteiger partial charge in [0.25, 0.3) is 0 Å². The Morgan fingerprint density at radius 2 is 2.18 bits per heavy atom. The van der Waals surface area contributed by atoms with E-state index < -0.39 is 24.3 Å². The molecule has 2 heterocycles. The zero-order chi connectivity index (χ0) is 16.5. The van der Waals surface area contributed by atoms with Gasteiger partial charge in [-0.05, 0) is 19.9 Å². The number of halogens is 3.